The summed E-state index contributed by atoms with van der Waals surface area (Å²) in [6.07, 6.45) is -3.34. The van der Waals surface area contributed by atoms with E-state index in [0.717, 1.165) is 12.0 Å². The molecule has 2 aromatic rings. The monoisotopic (exact) mass is 621 g/mol. The van der Waals surface area contributed by atoms with Crippen molar-refractivity contribution >= 4 is 23.7 Å². The van der Waals surface area contributed by atoms with Crippen LogP contribution in [0, 0.1) is 0 Å². The van der Waals surface area contributed by atoms with Gasteiger partial charge in [-0.15, -0.1) is 0 Å². The number of benzene rings is 1. The molecule has 6 rings (SSSR count). The Morgan fingerprint density at radius 1 is 1.25 bits per heavy atom. The van der Waals surface area contributed by atoms with Gasteiger partial charge < -0.3 is 35.7 Å². The highest BCUT2D eigenvalue weighted by molar-refractivity contribution is 5.98. The largest absolute Gasteiger partial charge is 0.492 e. The Labute approximate surface area is 248 Å². The minimum atomic E-state index is -4.77. The second-order valence-corrected chi connectivity index (χ2v) is 11.9. The van der Waals surface area contributed by atoms with Crippen molar-refractivity contribution in [2.75, 3.05) is 19.7 Å². The lowest BCUT2D eigenvalue weighted by atomic mass is 9.79. The zero-order valence-electron chi connectivity index (χ0n) is 23.7. The van der Waals surface area contributed by atoms with Gasteiger partial charge >= 0.3 is 12.1 Å². The van der Waals surface area contributed by atoms with Crippen molar-refractivity contribution in [3.05, 3.63) is 53.0 Å². The van der Waals surface area contributed by atoms with Gasteiger partial charge in [-0.1, -0.05) is 26.0 Å². The first-order chi connectivity index (χ1) is 20.6. The zero-order chi connectivity index (χ0) is 31.8. The number of rotatable bonds is 5. The molecule has 2 amide bonds. The second-order valence-electron chi connectivity index (χ2n) is 11.9. The zero-order valence-corrected chi connectivity index (χ0v) is 23.7. The van der Waals surface area contributed by atoms with Crippen molar-refractivity contribution in [1.29, 1.82) is 0 Å². The van der Waals surface area contributed by atoms with E-state index >= 15 is 0 Å². The van der Waals surface area contributed by atoms with E-state index in [2.05, 4.69) is 30.4 Å². The van der Waals surface area contributed by atoms with E-state index in [1.54, 1.807) is 12.1 Å². The van der Waals surface area contributed by atoms with Crippen molar-refractivity contribution in [3.63, 3.8) is 0 Å². The topological polar surface area (TPSA) is 215 Å². The number of aliphatic imine (C=N–C) groups is 1. The third-order valence-electron chi connectivity index (χ3n) is 8.76. The highest BCUT2D eigenvalue weighted by Crippen LogP contribution is 2.43. The van der Waals surface area contributed by atoms with Gasteiger partial charge in [0.1, 0.15) is 24.1 Å². The standard InChI is InChI=1S/C27H31F3N8O6/c1-24(2)6-7-43-18-13(4-3-5-14(18)24)21(40)35-16-10-38-23(32)34-15(19-25(38,26(16,41)42)37-22(31)36-19)9-33-20(39)12-8-17(44-11-12)27(28,29)30/h3-5,8,11,15-16,19,41-42H,6-7,9-10H2,1-2H3,(H2,32,34)(H,33,39)(H,35,40)(H3,31,36,37)/p+1/t15-,16?,19-,25?/m0/s1. The number of halogens is 3. The Morgan fingerprint density at radius 2 is 2.00 bits per heavy atom. The fourth-order valence-corrected chi connectivity index (χ4v) is 6.42. The molecule has 1 saturated heterocycles. The SMILES string of the molecule is CC1(C)CCOc2c(C(=O)NC3CN4C(N)=N[C@@H](CNC(=O)c5coc(C(F)(F)F)c5)[C@@H]5[NH+]=C(N)NC54C3(O)O)cccc21. The minimum absolute atomic E-state index is 0.0573. The fraction of sp³-hybridized carbons (Fsp3) is 0.481. The molecule has 236 valence electrons. The van der Waals surface area contributed by atoms with Crippen LogP contribution in [0.2, 0.25) is 0 Å². The van der Waals surface area contributed by atoms with Gasteiger partial charge in [0, 0.05) is 18.2 Å². The molecule has 17 heteroatoms. The molecule has 0 radical (unpaired) electrons. The van der Waals surface area contributed by atoms with Crippen LogP contribution in [-0.2, 0) is 11.6 Å². The number of carbonyl (C=O) groups is 2. The number of nitrogens with one attached hydrogen (secondary N) is 4. The maximum absolute atomic E-state index is 13.6. The number of alkyl halides is 3. The van der Waals surface area contributed by atoms with Crippen LogP contribution in [-0.4, -0.2) is 88.1 Å². The smallest absolute Gasteiger partial charge is 0.449 e. The van der Waals surface area contributed by atoms with Crippen LogP contribution in [0.25, 0.3) is 0 Å². The number of ether oxygens (including phenoxy) is 1. The molecule has 1 spiro atoms. The van der Waals surface area contributed by atoms with Gasteiger partial charge in [0.2, 0.25) is 11.5 Å². The number of hydrogen-bond acceptors (Lipinski definition) is 11. The van der Waals surface area contributed by atoms with E-state index in [1.807, 2.05) is 19.9 Å². The summed E-state index contributed by atoms with van der Waals surface area (Å²) in [5.41, 5.74) is 10.9. The molecule has 0 bridgehead atoms. The maximum Gasteiger partial charge on any atom is 0.449 e. The molecule has 4 aliphatic heterocycles. The van der Waals surface area contributed by atoms with E-state index < -0.39 is 53.3 Å². The van der Waals surface area contributed by atoms with Crippen molar-refractivity contribution in [2.24, 2.45) is 16.5 Å². The number of carbonyl (C=O) groups excluding carboxylic acids is 2. The van der Waals surface area contributed by atoms with Gasteiger partial charge in [0.15, 0.2) is 12.0 Å². The lowest BCUT2D eigenvalue weighted by Crippen LogP contribution is -2.90. The van der Waals surface area contributed by atoms with E-state index in [4.69, 9.17) is 16.2 Å². The predicted octanol–water partition coefficient (Wildman–Crippen LogP) is -2.36. The van der Waals surface area contributed by atoms with E-state index in [-0.39, 0.29) is 41.6 Å². The number of nitrogens with zero attached hydrogens (tertiary/aromatic N) is 2. The Kier molecular flexibility index (Phi) is 6.55. The summed E-state index contributed by atoms with van der Waals surface area (Å²) >= 11 is 0. The molecular weight excluding hydrogens is 589 g/mol. The third kappa shape index (κ3) is 4.40. The molecule has 1 aromatic heterocycles. The number of hydrogen-bond donors (Lipinski definition) is 8. The van der Waals surface area contributed by atoms with Crippen molar-refractivity contribution in [1.82, 2.24) is 20.9 Å². The van der Waals surface area contributed by atoms with Gasteiger partial charge in [0.05, 0.1) is 24.3 Å². The Hall–Kier alpha value is -4.51. The summed E-state index contributed by atoms with van der Waals surface area (Å²) in [5.74, 6) is -5.33. The normalized spacial score (nSPS) is 28.0. The molecule has 1 fully saturated rings. The van der Waals surface area contributed by atoms with Gasteiger partial charge in [-0.25, -0.2) is 10.3 Å². The fourth-order valence-electron chi connectivity index (χ4n) is 6.42. The highest BCUT2D eigenvalue weighted by Gasteiger charge is 2.76. The summed E-state index contributed by atoms with van der Waals surface area (Å²) in [4.78, 5) is 34.8. The molecule has 0 aliphatic carbocycles. The molecule has 14 nitrogen and oxygen atoms in total. The molecule has 10 N–H and O–H groups in total. The first-order valence-electron chi connectivity index (χ1n) is 13.8. The Morgan fingerprint density at radius 3 is 2.70 bits per heavy atom. The van der Waals surface area contributed by atoms with Gasteiger partial charge in [-0.05, 0) is 17.9 Å². The molecule has 2 unspecified atom stereocenters. The number of aliphatic hydroxyl groups is 2. The summed E-state index contributed by atoms with van der Waals surface area (Å²) in [6.45, 7) is 4.03. The molecular formula is C27H32F3N8O6+. The quantitative estimate of drug-likeness (QED) is 0.166. The van der Waals surface area contributed by atoms with Crippen molar-refractivity contribution < 1.29 is 47.1 Å². The molecule has 1 aromatic carbocycles. The number of fused-ring (bicyclic) bond motifs is 1. The van der Waals surface area contributed by atoms with E-state index in [1.165, 1.54) is 4.90 Å². The first kappa shape index (κ1) is 29.6. The summed E-state index contributed by atoms with van der Waals surface area (Å²) in [7, 11) is 0. The lowest BCUT2D eigenvalue weighted by molar-refractivity contribution is -0.521. The number of para-hydroxylation sites is 1. The van der Waals surface area contributed by atoms with Crippen LogP contribution in [0.1, 0.15) is 52.3 Å². The van der Waals surface area contributed by atoms with Crippen molar-refractivity contribution in [2.45, 2.75) is 61.4 Å². The van der Waals surface area contributed by atoms with E-state index in [0.29, 0.717) is 24.7 Å². The lowest BCUT2D eigenvalue weighted by Gasteiger charge is -2.46. The number of guanidine groups is 2. The average Bonchev–Trinajstić information content (AvgIpc) is 3.63. The number of nitrogens with two attached hydrogens (primary N) is 2. The van der Waals surface area contributed by atoms with Crippen LogP contribution in [0.15, 0.2) is 39.9 Å². The van der Waals surface area contributed by atoms with Gasteiger partial charge in [0.25, 0.3) is 17.5 Å². The highest BCUT2D eigenvalue weighted by atomic mass is 19.4. The predicted molar refractivity (Wildman–Crippen MR) is 146 cm³/mol. The maximum atomic E-state index is 13.6. The van der Waals surface area contributed by atoms with Gasteiger partial charge in [-0.2, -0.15) is 13.2 Å². The summed E-state index contributed by atoms with van der Waals surface area (Å²) < 4.78 is 49.0. The summed E-state index contributed by atoms with van der Waals surface area (Å²) in [5, 5.41) is 31.4. The van der Waals surface area contributed by atoms with Gasteiger partial charge in [-0.3, -0.25) is 25.2 Å². The third-order valence-corrected chi connectivity index (χ3v) is 8.76. The molecule has 44 heavy (non-hydrogen) atoms. The van der Waals surface area contributed by atoms with Crippen LogP contribution in [0.3, 0.4) is 0 Å². The molecule has 4 atom stereocenters. The average molecular weight is 622 g/mol. The Bertz CT molecular complexity index is 1590. The van der Waals surface area contributed by atoms with Crippen molar-refractivity contribution in [3.8, 4) is 5.75 Å². The van der Waals surface area contributed by atoms with Crippen LogP contribution < -0.4 is 37.1 Å². The second kappa shape index (κ2) is 9.75. The van der Waals surface area contributed by atoms with Crippen LogP contribution in [0.4, 0.5) is 13.2 Å². The summed E-state index contributed by atoms with van der Waals surface area (Å²) in [6, 6.07) is 2.43. The van der Waals surface area contributed by atoms with E-state index in [9.17, 15) is 33.0 Å². The van der Waals surface area contributed by atoms with Crippen LogP contribution in [0.5, 0.6) is 5.75 Å². The number of furan rings is 1. The molecule has 4 aliphatic rings. The van der Waals surface area contributed by atoms with Crippen LogP contribution >= 0.6 is 0 Å². The minimum Gasteiger partial charge on any atom is -0.492 e. The molecule has 5 heterocycles. The molecule has 0 saturated carbocycles. The Balaban J connectivity index is 1.24. The first-order valence-corrected chi connectivity index (χ1v) is 13.8. The number of amides is 2.